The van der Waals surface area contributed by atoms with E-state index in [0.717, 1.165) is 31.3 Å². The van der Waals surface area contributed by atoms with Crippen molar-refractivity contribution in [3.63, 3.8) is 0 Å². The molecule has 3 rings (SSSR count). The summed E-state index contributed by atoms with van der Waals surface area (Å²) in [6.07, 6.45) is -3.07. The van der Waals surface area contributed by atoms with E-state index in [2.05, 4.69) is 5.43 Å². The lowest BCUT2D eigenvalue weighted by Gasteiger charge is -2.31. The summed E-state index contributed by atoms with van der Waals surface area (Å²) in [6, 6.07) is 7.00. The predicted molar refractivity (Wildman–Crippen MR) is 95.7 cm³/mol. The minimum absolute atomic E-state index is 0.228. The van der Waals surface area contributed by atoms with Crippen molar-refractivity contribution in [1.82, 2.24) is 10.4 Å². The van der Waals surface area contributed by atoms with Gasteiger partial charge in [0.2, 0.25) is 0 Å². The first kappa shape index (κ1) is 22.0. The largest absolute Gasteiger partial charge is 0.490 e. The first-order valence-electron chi connectivity index (χ1n) is 8.35. The highest BCUT2D eigenvalue weighted by Crippen LogP contribution is 2.23. The second-order valence-electron chi connectivity index (χ2n) is 6.20. The van der Waals surface area contributed by atoms with E-state index in [1.165, 1.54) is 0 Å². The molecular formula is C17H19ClF3N3O4. The molecule has 2 heterocycles. The van der Waals surface area contributed by atoms with Crippen molar-refractivity contribution in [3.8, 4) is 0 Å². The molecule has 1 fully saturated rings. The van der Waals surface area contributed by atoms with Gasteiger partial charge in [0.15, 0.2) is 5.76 Å². The number of furan rings is 1. The Hall–Kier alpha value is -2.30. The van der Waals surface area contributed by atoms with Crippen LogP contribution in [0.4, 0.5) is 13.2 Å². The Morgan fingerprint density at radius 1 is 1.29 bits per heavy atom. The summed E-state index contributed by atoms with van der Waals surface area (Å²) in [5, 5.41) is 10.5. The minimum Gasteiger partial charge on any atom is -0.475 e. The van der Waals surface area contributed by atoms with E-state index in [-0.39, 0.29) is 5.91 Å². The van der Waals surface area contributed by atoms with Gasteiger partial charge >= 0.3 is 18.1 Å². The van der Waals surface area contributed by atoms with Crippen molar-refractivity contribution in [2.75, 3.05) is 19.6 Å². The summed E-state index contributed by atoms with van der Waals surface area (Å²) < 4.78 is 37.3. The van der Waals surface area contributed by atoms with Crippen molar-refractivity contribution in [3.05, 3.63) is 35.0 Å². The number of hydrogen-bond acceptors (Lipinski definition) is 5. The summed E-state index contributed by atoms with van der Waals surface area (Å²) in [4.78, 5) is 21.1. The highest BCUT2D eigenvalue weighted by molar-refractivity contribution is 6.31. The number of halogens is 4. The van der Waals surface area contributed by atoms with Crippen LogP contribution in [0.5, 0.6) is 0 Å². The first-order chi connectivity index (χ1) is 13.1. The average Bonchev–Trinajstić information content (AvgIpc) is 3.05. The Bertz CT molecular complexity index is 833. The average molecular weight is 422 g/mol. The molecular weight excluding hydrogens is 403 g/mol. The fraction of sp³-hybridized carbons (Fsp3) is 0.412. The summed E-state index contributed by atoms with van der Waals surface area (Å²) in [5.41, 5.74) is 9.21. The summed E-state index contributed by atoms with van der Waals surface area (Å²) in [6.45, 7) is 2.35. The van der Waals surface area contributed by atoms with Gasteiger partial charge in [-0.05, 0) is 49.6 Å². The Morgan fingerprint density at radius 2 is 1.89 bits per heavy atom. The number of fused-ring (bicyclic) bond motifs is 1. The lowest BCUT2D eigenvalue weighted by Crippen LogP contribution is -2.47. The van der Waals surface area contributed by atoms with Gasteiger partial charge in [-0.15, -0.1) is 0 Å². The van der Waals surface area contributed by atoms with E-state index in [9.17, 15) is 18.0 Å². The molecule has 0 spiro atoms. The number of piperidine rings is 1. The van der Waals surface area contributed by atoms with Crippen LogP contribution in [0.2, 0.25) is 5.02 Å². The van der Waals surface area contributed by atoms with Gasteiger partial charge in [-0.25, -0.2) is 9.80 Å². The molecule has 1 saturated heterocycles. The summed E-state index contributed by atoms with van der Waals surface area (Å²) >= 11 is 5.93. The van der Waals surface area contributed by atoms with E-state index >= 15 is 0 Å². The predicted octanol–water partition coefficient (Wildman–Crippen LogP) is 3.04. The molecule has 0 unspecified atom stereocenters. The Kier molecular flexibility index (Phi) is 7.28. The molecule has 0 bridgehead atoms. The number of carboxylic acids is 1. The van der Waals surface area contributed by atoms with Crippen LogP contribution in [0.15, 0.2) is 28.7 Å². The summed E-state index contributed by atoms with van der Waals surface area (Å²) in [7, 11) is 0. The number of nitrogens with two attached hydrogens (primary N) is 1. The van der Waals surface area contributed by atoms with Gasteiger partial charge in [0.05, 0.1) is 0 Å². The lowest BCUT2D eigenvalue weighted by atomic mass is 9.98. The maximum Gasteiger partial charge on any atom is 0.490 e. The van der Waals surface area contributed by atoms with E-state index in [0.29, 0.717) is 28.8 Å². The quantitative estimate of drug-likeness (QED) is 0.703. The third-order valence-corrected chi connectivity index (χ3v) is 4.39. The first-order valence-corrected chi connectivity index (χ1v) is 8.73. The molecule has 0 aliphatic carbocycles. The number of hydrogen-bond donors (Lipinski definition) is 3. The standard InChI is InChI=1S/C15H18ClN3O2.C2HF3O2/c16-12-1-2-13-11(7-12)8-14(21-13)15(20)18-19-5-3-10(9-17)4-6-19;3-2(4,5)1(6)7/h1-2,7-8,10H,3-6,9,17H2,(H,18,20);(H,6,7). The topological polar surface area (TPSA) is 109 Å². The molecule has 1 aromatic heterocycles. The molecule has 1 aliphatic heterocycles. The third-order valence-electron chi connectivity index (χ3n) is 4.15. The number of benzene rings is 1. The fourth-order valence-electron chi connectivity index (χ4n) is 2.61. The van der Waals surface area contributed by atoms with Crippen molar-refractivity contribution in [2.45, 2.75) is 19.0 Å². The Balaban J connectivity index is 0.000000345. The van der Waals surface area contributed by atoms with Gasteiger partial charge in [0.1, 0.15) is 5.58 Å². The van der Waals surface area contributed by atoms with Gasteiger partial charge in [-0.3, -0.25) is 10.2 Å². The molecule has 154 valence electrons. The number of carboxylic acid groups (broad SMARTS) is 1. The molecule has 28 heavy (non-hydrogen) atoms. The van der Waals surface area contributed by atoms with Crippen molar-refractivity contribution in [1.29, 1.82) is 0 Å². The molecule has 11 heteroatoms. The molecule has 1 aromatic carbocycles. The smallest absolute Gasteiger partial charge is 0.475 e. The Labute approximate surface area is 163 Å². The van der Waals surface area contributed by atoms with Gasteiger partial charge in [0, 0.05) is 23.5 Å². The fourth-order valence-corrected chi connectivity index (χ4v) is 2.79. The Morgan fingerprint density at radius 3 is 2.43 bits per heavy atom. The number of carbonyl (C=O) groups is 2. The number of rotatable bonds is 3. The summed E-state index contributed by atoms with van der Waals surface area (Å²) in [5.74, 6) is -2.12. The normalized spacial score (nSPS) is 15.8. The van der Waals surface area contributed by atoms with Crippen LogP contribution in [0, 0.1) is 5.92 Å². The molecule has 0 radical (unpaired) electrons. The molecule has 0 atom stereocenters. The second-order valence-corrected chi connectivity index (χ2v) is 6.64. The van der Waals surface area contributed by atoms with Crippen LogP contribution in [0.25, 0.3) is 11.0 Å². The van der Waals surface area contributed by atoms with Crippen LogP contribution in [0.3, 0.4) is 0 Å². The third kappa shape index (κ3) is 6.11. The van der Waals surface area contributed by atoms with E-state index in [4.69, 9.17) is 31.7 Å². The highest BCUT2D eigenvalue weighted by Gasteiger charge is 2.38. The number of hydrazine groups is 1. The van der Waals surface area contributed by atoms with E-state index < -0.39 is 12.1 Å². The highest BCUT2D eigenvalue weighted by atomic mass is 35.5. The van der Waals surface area contributed by atoms with Crippen LogP contribution < -0.4 is 11.2 Å². The van der Waals surface area contributed by atoms with Crippen LogP contribution in [-0.2, 0) is 4.79 Å². The van der Waals surface area contributed by atoms with Crippen LogP contribution in [0.1, 0.15) is 23.4 Å². The van der Waals surface area contributed by atoms with Crippen LogP contribution >= 0.6 is 11.6 Å². The molecule has 0 saturated carbocycles. The minimum atomic E-state index is -5.08. The zero-order valence-electron chi connectivity index (χ0n) is 14.6. The SMILES string of the molecule is NCC1CCN(NC(=O)c2cc3cc(Cl)ccc3o2)CC1.O=C(O)C(F)(F)F. The second kappa shape index (κ2) is 9.26. The zero-order valence-corrected chi connectivity index (χ0v) is 15.4. The monoisotopic (exact) mass is 421 g/mol. The molecule has 2 aromatic rings. The number of carbonyl (C=O) groups excluding carboxylic acids is 1. The number of amides is 1. The van der Waals surface area contributed by atoms with Gasteiger partial charge in [0.25, 0.3) is 0 Å². The van der Waals surface area contributed by atoms with Crippen molar-refractivity contribution in [2.24, 2.45) is 11.7 Å². The maximum absolute atomic E-state index is 12.2. The molecule has 1 amide bonds. The van der Waals surface area contributed by atoms with Crippen LogP contribution in [-0.4, -0.2) is 47.8 Å². The zero-order chi connectivity index (χ0) is 20.9. The maximum atomic E-state index is 12.2. The number of nitrogens with zero attached hydrogens (tertiary/aromatic N) is 1. The van der Waals surface area contributed by atoms with Gasteiger partial charge in [-0.2, -0.15) is 13.2 Å². The van der Waals surface area contributed by atoms with Crippen molar-refractivity contribution >= 4 is 34.4 Å². The van der Waals surface area contributed by atoms with Gasteiger partial charge < -0.3 is 15.3 Å². The molecule has 7 nitrogen and oxygen atoms in total. The number of alkyl halides is 3. The van der Waals surface area contributed by atoms with E-state index in [1.807, 2.05) is 5.01 Å². The van der Waals surface area contributed by atoms with Crippen molar-refractivity contribution < 1.29 is 32.3 Å². The lowest BCUT2D eigenvalue weighted by molar-refractivity contribution is -0.192. The molecule has 4 N–H and O–H groups in total. The van der Waals surface area contributed by atoms with Gasteiger partial charge in [-0.1, -0.05) is 11.6 Å². The number of aliphatic carboxylic acids is 1. The number of nitrogens with one attached hydrogen (secondary N) is 1. The molecule has 1 aliphatic rings. The van der Waals surface area contributed by atoms with E-state index in [1.54, 1.807) is 24.3 Å².